The lowest BCUT2D eigenvalue weighted by Gasteiger charge is -2.15. The zero-order chi connectivity index (χ0) is 12.3. The standard InChI is InChI=1S/C10H14N4O2/c1-7-4-5-8(9(6-7)14(15)16)12-10(11)13(2)3/h4-6H,1-3H3,(H2,11,12). The van der Waals surface area contributed by atoms with Gasteiger partial charge in [-0.3, -0.25) is 15.5 Å². The zero-order valence-electron chi connectivity index (χ0n) is 9.44. The number of benzene rings is 1. The summed E-state index contributed by atoms with van der Waals surface area (Å²) < 4.78 is 0. The molecule has 1 aromatic carbocycles. The molecule has 16 heavy (non-hydrogen) atoms. The molecule has 1 rings (SSSR count). The Bertz CT molecular complexity index is 429. The monoisotopic (exact) mass is 222 g/mol. The molecule has 6 nitrogen and oxygen atoms in total. The fourth-order valence-corrected chi connectivity index (χ4v) is 1.14. The molecule has 0 aliphatic heterocycles. The molecule has 6 heteroatoms. The molecule has 2 N–H and O–H groups in total. The van der Waals surface area contributed by atoms with Crippen molar-refractivity contribution >= 4 is 17.3 Å². The Balaban J connectivity index is 3.04. The molecule has 0 bridgehead atoms. The van der Waals surface area contributed by atoms with Crippen molar-refractivity contribution in [3.05, 3.63) is 33.9 Å². The van der Waals surface area contributed by atoms with Crippen molar-refractivity contribution in [2.75, 3.05) is 19.4 Å². The van der Waals surface area contributed by atoms with Crippen molar-refractivity contribution < 1.29 is 4.92 Å². The van der Waals surface area contributed by atoms with Gasteiger partial charge in [0.1, 0.15) is 5.69 Å². The fourth-order valence-electron chi connectivity index (χ4n) is 1.14. The normalized spacial score (nSPS) is 9.69. The maximum absolute atomic E-state index is 10.8. The molecule has 0 heterocycles. The van der Waals surface area contributed by atoms with E-state index >= 15 is 0 Å². The Kier molecular flexibility index (Phi) is 3.44. The summed E-state index contributed by atoms with van der Waals surface area (Å²) >= 11 is 0. The van der Waals surface area contributed by atoms with Crippen LogP contribution in [0.15, 0.2) is 18.2 Å². The number of guanidine groups is 1. The molecule has 0 aliphatic rings. The Morgan fingerprint density at radius 1 is 1.50 bits per heavy atom. The molecule has 0 unspecified atom stereocenters. The second-order valence-corrected chi connectivity index (χ2v) is 3.65. The molecular formula is C10H14N4O2. The number of nitro groups is 1. The molecule has 0 amide bonds. The van der Waals surface area contributed by atoms with Crippen LogP contribution in [0.3, 0.4) is 0 Å². The number of hydrogen-bond acceptors (Lipinski definition) is 3. The number of nitro benzene ring substituents is 1. The minimum Gasteiger partial charge on any atom is -0.349 e. The SMILES string of the molecule is Cc1ccc(NC(=N)N(C)C)c([N+](=O)[O-])c1. The van der Waals surface area contributed by atoms with E-state index in [1.807, 2.05) is 0 Å². The number of nitrogens with one attached hydrogen (secondary N) is 2. The Hall–Kier alpha value is -2.11. The minimum absolute atomic E-state index is 0.0217. The predicted molar refractivity (Wildman–Crippen MR) is 62.9 cm³/mol. The Labute approximate surface area is 93.5 Å². The van der Waals surface area contributed by atoms with Gasteiger partial charge in [0.2, 0.25) is 0 Å². The van der Waals surface area contributed by atoms with Crippen LogP contribution in [0, 0.1) is 22.4 Å². The van der Waals surface area contributed by atoms with Gasteiger partial charge in [0.05, 0.1) is 4.92 Å². The lowest BCUT2D eigenvalue weighted by atomic mass is 10.2. The average molecular weight is 222 g/mol. The van der Waals surface area contributed by atoms with Crippen molar-refractivity contribution in [3.63, 3.8) is 0 Å². The molecular weight excluding hydrogens is 208 g/mol. The van der Waals surface area contributed by atoms with Gasteiger partial charge in [-0.2, -0.15) is 0 Å². The molecule has 0 atom stereocenters. The van der Waals surface area contributed by atoms with Crippen LogP contribution in [0.5, 0.6) is 0 Å². The van der Waals surface area contributed by atoms with Crippen molar-refractivity contribution in [3.8, 4) is 0 Å². The first-order valence-corrected chi connectivity index (χ1v) is 4.69. The van der Waals surface area contributed by atoms with Crippen molar-refractivity contribution in [2.45, 2.75) is 6.92 Å². The highest BCUT2D eigenvalue weighted by molar-refractivity contribution is 5.93. The van der Waals surface area contributed by atoms with Crippen molar-refractivity contribution in [1.82, 2.24) is 4.90 Å². The third-order valence-electron chi connectivity index (χ3n) is 2.05. The molecule has 1 aromatic rings. The van der Waals surface area contributed by atoms with Crippen LogP contribution in [-0.4, -0.2) is 29.9 Å². The Morgan fingerprint density at radius 3 is 2.62 bits per heavy atom. The molecule has 86 valence electrons. The minimum atomic E-state index is -0.460. The number of nitrogens with zero attached hydrogens (tertiary/aromatic N) is 2. The van der Waals surface area contributed by atoms with Crippen LogP contribution in [0.4, 0.5) is 11.4 Å². The number of anilines is 1. The largest absolute Gasteiger partial charge is 0.349 e. The van der Waals surface area contributed by atoms with Crippen LogP contribution < -0.4 is 5.32 Å². The number of aryl methyl sites for hydroxylation is 1. The predicted octanol–water partition coefficient (Wildman–Crippen LogP) is 1.81. The van der Waals surface area contributed by atoms with Crippen LogP contribution in [0.1, 0.15) is 5.56 Å². The molecule has 0 spiro atoms. The van der Waals surface area contributed by atoms with E-state index in [2.05, 4.69) is 5.32 Å². The zero-order valence-corrected chi connectivity index (χ0v) is 9.44. The third-order valence-corrected chi connectivity index (χ3v) is 2.05. The molecule has 0 aromatic heterocycles. The first-order valence-electron chi connectivity index (χ1n) is 4.69. The molecule has 0 aliphatic carbocycles. The first kappa shape index (κ1) is 12.0. The second kappa shape index (κ2) is 4.61. The van der Waals surface area contributed by atoms with Crippen LogP contribution in [-0.2, 0) is 0 Å². The Morgan fingerprint density at radius 2 is 2.12 bits per heavy atom. The van der Waals surface area contributed by atoms with E-state index < -0.39 is 4.92 Å². The van der Waals surface area contributed by atoms with Crippen LogP contribution in [0.2, 0.25) is 0 Å². The summed E-state index contributed by atoms with van der Waals surface area (Å²) in [5, 5.41) is 21.1. The van der Waals surface area contributed by atoms with Gasteiger partial charge in [0, 0.05) is 20.2 Å². The van der Waals surface area contributed by atoms with Gasteiger partial charge in [0.15, 0.2) is 5.96 Å². The lowest BCUT2D eigenvalue weighted by Crippen LogP contribution is -2.28. The van der Waals surface area contributed by atoms with Crippen LogP contribution >= 0.6 is 0 Å². The lowest BCUT2D eigenvalue weighted by molar-refractivity contribution is -0.384. The third kappa shape index (κ3) is 2.69. The summed E-state index contributed by atoms with van der Waals surface area (Å²) in [6.07, 6.45) is 0. The smallest absolute Gasteiger partial charge is 0.293 e. The maximum Gasteiger partial charge on any atom is 0.293 e. The van der Waals surface area contributed by atoms with Gasteiger partial charge >= 0.3 is 0 Å². The molecule has 0 saturated heterocycles. The van der Waals surface area contributed by atoms with E-state index in [1.165, 1.54) is 11.0 Å². The van der Waals surface area contributed by atoms with E-state index in [-0.39, 0.29) is 11.6 Å². The van der Waals surface area contributed by atoms with Gasteiger partial charge in [-0.1, -0.05) is 6.07 Å². The van der Waals surface area contributed by atoms with Crippen molar-refractivity contribution in [1.29, 1.82) is 5.41 Å². The summed E-state index contributed by atoms with van der Waals surface area (Å²) in [6, 6.07) is 4.84. The fraction of sp³-hybridized carbons (Fsp3) is 0.300. The summed E-state index contributed by atoms with van der Waals surface area (Å²) in [5.74, 6) is 0.104. The van der Waals surface area contributed by atoms with E-state index in [0.717, 1.165) is 5.56 Å². The molecule has 0 radical (unpaired) electrons. The van der Waals surface area contributed by atoms with Gasteiger partial charge in [-0.15, -0.1) is 0 Å². The van der Waals surface area contributed by atoms with Gasteiger partial charge in [-0.05, 0) is 18.6 Å². The quantitative estimate of drug-likeness (QED) is 0.346. The highest BCUT2D eigenvalue weighted by atomic mass is 16.6. The number of rotatable bonds is 2. The maximum atomic E-state index is 10.8. The van der Waals surface area contributed by atoms with E-state index in [1.54, 1.807) is 33.2 Å². The molecule has 0 fully saturated rings. The number of hydrogen-bond donors (Lipinski definition) is 2. The summed E-state index contributed by atoms with van der Waals surface area (Å²) in [7, 11) is 3.38. The first-order chi connectivity index (χ1) is 7.41. The highest BCUT2D eigenvalue weighted by Crippen LogP contribution is 2.25. The summed E-state index contributed by atoms with van der Waals surface area (Å²) in [4.78, 5) is 11.9. The van der Waals surface area contributed by atoms with Gasteiger partial charge in [-0.25, -0.2) is 0 Å². The second-order valence-electron chi connectivity index (χ2n) is 3.65. The van der Waals surface area contributed by atoms with E-state index in [0.29, 0.717) is 5.69 Å². The average Bonchev–Trinajstić information content (AvgIpc) is 2.20. The van der Waals surface area contributed by atoms with E-state index in [9.17, 15) is 10.1 Å². The van der Waals surface area contributed by atoms with Gasteiger partial charge in [0.25, 0.3) is 5.69 Å². The van der Waals surface area contributed by atoms with Gasteiger partial charge < -0.3 is 10.2 Å². The molecule has 0 saturated carbocycles. The topological polar surface area (TPSA) is 82.3 Å². The van der Waals surface area contributed by atoms with Crippen LogP contribution in [0.25, 0.3) is 0 Å². The highest BCUT2D eigenvalue weighted by Gasteiger charge is 2.14. The van der Waals surface area contributed by atoms with E-state index in [4.69, 9.17) is 5.41 Å². The van der Waals surface area contributed by atoms with Crippen molar-refractivity contribution in [2.24, 2.45) is 0 Å². The summed E-state index contributed by atoms with van der Waals surface area (Å²) in [5.41, 5.74) is 1.12. The summed E-state index contributed by atoms with van der Waals surface area (Å²) in [6.45, 7) is 1.79.